The average Bonchev–Trinajstić information content (AvgIpc) is 2.93. The topological polar surface area (TPSA) is 29.9 Å². The molecular weight excluding hydrogens is 242 g/mol. The van der Waals surface area contributed by atoms with E-state index >= 15 is 0 Å². The summed E-state index contributed by atoms with van der Waals surface area (Å²) in [5.74, 6) is 0.602. The molecule has 0 aliphatic carbocycles. The molecule has 0 aliphatic rings. The average molecular weight is 263 g/mol. The van der Waals surface area contributed by atoms with E-state index in [0.717, 1.165) is 6.54 Å². The predicted octanol–water partition coefficient (Wildman–Crippen LogP) is 3.46. The minimum absolute atomic E-state index is 0.449. The zero-order valence-electron chi connectivity index (χ0n) is 11.5. The van der Waals surface area contributed by atoms with E-state index in [-0.39, 0.29) is 0 Å². The minimum Gasteiger partial charge on any atom is -0.309 e. The van der Waals surface area contributed by atoms with Gasteiger partial charge in [-0.1, -0.05) is 20.8 Å². The third-order valence-electron chi connectivity index (χ3n) is 3.01. The molecule has 0 aliphatic heterocycles. The standard InChI is InChI=1S/C14H21N3S/c1-5-15-14(10(2)3)13-7-6-12(18-13)11-8-16-17(4)9-11/h6-10,14-15H,5H2,1-4H3. The highest BCUT2D eigenvalue weighted by Crippen LogP contribution is 2.33. The number of aromatic nitrogens is 2. The van der Waals surface area contributed by atoms with Crippen molar-refractivity contribution >= 4 is 11.3 Å². The molecule has 1 unspecified atom stereocenters. The van der Waals surface area contributed by atoms with Gasteiger partial charge in [-0.2, -0.15) is 5.10 Å². The fourth-order valence-electron chi connectivity index (χ4n) is 2.11. The van der Waals surface area contributed by atoms with E-state index in [2.05, 4.69) is 49.5 Å². The molecule has 0 radical (unpaired) electrons. The van der Waals surface area contributed by atoms with E-state index < -0.39 is 0 Å². The smallest absolute Gasteiger partial charge is 0.0576 e. The zero-order chi connectivity index (χ0) is 13.1. The molecule has 2 aromatic heterocycles. The van der Waals surface area contributed by atoms with Crippen LogP contribution in [-0.2, 0) is 7.05 Å². The van der Waals surface area contributed by atoms with Gasteiger partial charge < -0.3 is 5.32 Å². The maximum atomic E-state index is 4.23. The second-order valence-corrected chi connectivity index (χ2v) is 6.00. The molecular formula is C14H21N3S. The van der Waals surface area contributed by atoms with Gasteiger partial charge in [0.05, 0.1) is 6.20 Å². The summed E-state index contributed by atoms with van der Waals surface area (Å²) in [4.78, 5) is 2.70. The van der Waals surface area contributed by atoms with Crippen LogP contribution < -0.4 is 5.32 Å². The van der Waals surface area contributed by atoms with Gasteiger partial charge in [0, 0.05) is 34.6 Å². The first-order chi connectivity index (χ1) is 8.61. The van der Waals surface area contributed by atoms with Crippen LogP contribution >= 0.6 is 11.3 Å². The van der Waals surface area contributed by atoms with Gasteiger partial charge in [-0.05, 0) is 24.6 Å². The van der Waals surface area contributed by atoms with Crippen LogP contribution in [0.4, 0.5) is 0 Å². The molecule has 1 atom stereocenters. The van der Waals surface area contributed by atoms with Crippen LogP contribution in [0.5, 0.6) is 0 Å². The lowest BCUT2D eigenvalue weighted by molar-refractivity contribution is 0.428. The van der Waals surface area contributed by atoms with Crippen molar-refractivity contribution in [3.8, 4) is 10.4 Å². The summed E-state index contributed by atoms with van der Waals surface area (Å²) in [5.41, 5.74) is 1.20. The number of hydrogen-bond donors (Lipinski definition) is 1. The van der Waals surface area contributed by atoms with Gasteiger partial charge in [0.2, 0.25) is 0 Å². The van der Waals surface area contributed by atoms with Gasteiger partial charge in [0.25, 0.3) is 0 Å². The third kappa shape index (κ3) is 2.82. The Kier molecular flexibility index (Phi) is 4.19. The van der Waals surface area contributed by atoms with Gasteiger partial charge in [0.15, 0.2) is 0 Å². The lowest BCUT2D eigenvalue weighted by atomic mass is 10.0. The second kappa shape index (κ2) is 5.67. The van der Waals surface area contributed by atoms with Crippen LogP contribution in [0, 0.1) is 5.92 Å². The molecule has 0 amide bonds. The first-order valence-electron chi connectivity index (χ1n) is 6.44. The van der Waals surface area contributed by atoms with E-state index in [4.69, 9.17) is 0 Å². The van der Waals surface area contributed by atoms with E-state index in [1.807, 2.05) is 29.3 Å². The molecule has 2 rings (SSSR count). The first-order valence-corrected chi connectivity index (χ1v) is 7.25. The number of hydrogen-bond acceptors (Lipinski definition) is 3. The van der Waals surface area contributed by atoms with Gasteiger partial charge in [0.1, 0.15) is 0 Å². The Labute approximate surface area is 113 Å². The highest BCUT2D eigenvalue weighted by molar-refractivity contribution is 7.15. The molecule has 0 saturated heterocycles. The normalized spacial score (nSPS) is 13.2. The summed E-state index contributed by atoms with van der Waals surface area (Å²) in [6.07, 6.45) is 3.99. The molecule has 0 fully saturated rings. The van der Waals surface area contributed by atoms with E-state index in [1.54, 1.807) is 0 Å². The van der Waals surface area contributed by atoms with Crippen molar-refractivity contribution in [1.29, 1.82) is 0 Å². The number of thiophene rings is 1. The number of rotatable bonds is 5. The van der Waals surface area contributed by atoms with Crippen LogP contribution in [-0.4, -0.2) is 16.3 Å². The van der Waals surface area contributed by atoms with Crippen molar-refractivity contribution in [2.45, 2.75) is 26.8 Å². The molecule has 2 heterocycles. The van der Waals surface area contributed by atoms with Crippen LogP contribution in [0.2, 0.25) is 0 Å². The summed E-state index contributed by atoms with van der Waals surface area (Å²) in [7, 11) is 1.95. The van der Waals surface area contributed by atoms with E-state index in [9.17, 15) is 0 Å². The van der Waals surface area contributed by atoms with Crippen LogP contribution in [0.15, 0.2) is 24.5 Å². The second-order valence-electron chi connectivity index (χ2n) is 4.88. The fourth-order valence-corrected chi connectivity index (χ4v) is 3.34. The highest BCUT2D eigenvalue weighted by Gasteiger charge is 2.17. The number of nitrogens with zero attached hydrogens (tertiary/aromatic N) is 2. The quantitative estimate of drug-likeness (QED) is 0.895. The highest BCUT2D eigenvalue weighted by atomic mass is 32.1. The van der Waals surface area contributed by atoms with Crippen molar-refractivity contribution in [3.63, 3.8) is 0 Å². The maximum Gasteiger partial charge on any atom is 0.0576 e. The van der Waals surface area contributed by atoms with Crippen LogP contribution in [0.3, 0.4) is 0 Å². The lowest BCUT2D eigenvalue weighted by Crippen LogP contribution is -2.24. The Hall–Kier alpha value is -1.13. The van der Waals surface area contributed by atoms with Crippen molar-refractivity contribution < 1.29 is 0 Å². The molecule has 0 bridgehead atoms. The molecule has 1 N–H and O–H groups in total. The van der Waals surface area contributed by atoms with Gasteiger partial charge >= 0.3 is 0 Å². The fraction of sp³-hybridized carbons (Fsp3) is 0.500. The van der Waals surface area contributed by atoms with Crippen molar-refractivity contribution in [2.24, 2.45) is 13.0 Å². The molecule has 0 aromatic carbocycles. The Morgan fingerprint density at radius 1 is 1.39 bits per heavy atom. The summed E-state index contributed by atoms with van der Waals surface area (Å²) < 4.78 is 1.85. The summed E-state index contributed by atoms with van der Waals surface area (Å²) in [5, 5.41) is 7.78. The molecule has 18 heavy (non-hydrogen) atoms. The van der Waals surface area contributed by atoms with Gasteiger partial charge in [-0.15, -0.1) is 11.3 Å². The molecule has 2 aromatic rings. The summed E-state index contributed by atoms with van der Waals surface area (Å²) in [6, 6.07) is 4.88. The maximum absolute atomic E-state index is 4.23. The lowest BCUT2D eigenvalue weighted by Gasteiger charge is -2.20. The van der Waals surface area contributed by atoms with Crippen molar-refractivity contribution in [1.82, 2.24) is 15.1 Å². The van der Waals surface area contributed by atoms with Crippen LogP contribution in [0.25, 0.3) is 10.4 Å². The summed E-state index contributed by atoms with van der Waals surface area (Å²) >= 11 is 1.86. The Morgan fingerprint density at radius 3 is 2.72 bits per heavy atom. The molecule has 0 saturated carbocycles. The monoisotopic (exact) mass is 263 g/mol. The molecule has 98 valence electrons. The van der Waals surface area contributed by atoms with E-state index in [1.165, 1.54) is 15.3 Å². The van der Waals surface area contributed by atoms with Crippen LogP contribution in [0.1, 0.15) is 31.7 Å². The first kappa shape index (κ1) is 13.3. The predicted molar refractivity (Wildman–Crippen MR) is 77.8 cm³/mol. The Balaban J connectivity index is 2.23. The van der Waals surface area contributed by atoms with E-state index in [0.29, 0.717) is 12.0 Å². The molecule has 0 spiro atoms. The number of aryl methyl sites for hydroxylation is 1. The number of nitrogens with one attached hydrogen (secondary N) is 1. The zero-order valence-corrected chi connectivity index (χ0v) is 12.3. The Morgan fingerprint density at radius 2 is 2.17 bits per heavy atom. The summed E-state index contributed by atoms with van der Waals surface area (Å²) in [6.45, 7) is 7.68. The van der Waals surface area contributed by atoms with Crippen molar-refractivity contribution in [3.05, 3.63) is 29.4 Å². The SMILES string of the molecule is CCNC(c1ccc(-c2cnn(C)c2)s1)C(C)C. The molecule has 4 heteroatoms. The Bertz CT molecular complexity index is 499. The largest absolute Gasteiger partial charge is 0.309 e. The van der Waals surface area contributed by atoms with Gasteiger partial charge in [-0.3, -0.25) is 4.68 Å². The van der Waals surface area contributed by atoms with Crippen molar-refractivity contribution in [2.75, 3.05) is 6.54 Å². The van der Waals surface area contributed by atoms with Gasteiger partial charge in [-0.25, -0.2) is 0 Å². The third-order valence-corrected chi connectivity index (χ3v) is 4.23. The minimum atomic E-state index is 0.449. The molecule has 3 nitrogen and oxygen atoms in total.